The van der Waals surface area contributed by atoms with Crippen molar-refractivity contribution in [3.8, 4) is 0 Å². The highest BCUT2D eigenvalue weighted by molar-refractivity contribution is 5.78. The maximum atomic E-state index is 12.4. The zero-order valence-corrected chi connectivity index (χ0v) is 13.7. The molecule has 1 amide bonds. The summed E-state index contributed by atoms with van der Waals surface area (Å²) in [5.41, 5.74) is 0. The zero-order chi connectivity index (χ0) is 14.8. The maximum absolute atomic E-state index is 12.4. The predicted molar refractivity (Wildman–Crippen MR) is 84.9 cm³/mol. The van der Waals surface area contributed by atoms with Gasteiger partial charge in [0.1, 0.15) is 0 Å². The molecule has 4 heteroatoms. The molecule has 1 atom stereocenters. The molecule has 0 spiro atoms. The number of carbonyl (C=O) groups is 1. The van der Waals surface area contributed by atoms with Crippen LogP contribution in [0.1, 0.15) is 46.0 Å². The van der Waals surface area contributed by atoms with Crippen LogP contribution in [0.4, 0.5) is 0 Å². The molecule has 20 heavy (non-hydrogen) atoms. The van der Waals surface area contributed by atoms with Crippen LogP contribution in [0.3, 0.4) is 0 Å². The lowest BCUT2D eigenvalue weighted by molar-refractivity contribution is -0.132. The number of likely N-dealkylation sites (tertiary alicyclic amines) is 1. The Labute approximate surface area is 124 Å². The van der Waals surface area contributed by atoms with Gasteiger partial charge in [-0.05, 0) is 45.3 Å². The van der Waals surface area contributed by atoms with Crippen LogP contribution in [-0.2, 0) is 4.79 Å². The minimum Gasteiger partial charge on any atom is -0.342 e. The van der Waals surface area contributed by atoms with E-state index < -0.39 is 0 Å². The molecular weight excluding hydrogens is 250 g/mol. The Morgan fingerprint density at radius 3 is 2.45 bits per heavy atom. The summed E-state index contributed by atoms with van der Waals surface area (Å²) in [5, 5.41) is 3.24. The quantitative estimate of drug-likeness (QED) is 0.666. The van der Waals surface area contributed by atoms with Gasteiger partial charge in [-0.2, -0.15) is 0 Å². The van der Waals surface area contributed by atoms with Crippen LogP contribution in [0, 0.1) is 5.92 Å². The minimum atomic E-state index is 0.331. The van der Waals surface area contributed by atoms with Gasteiger partial charge in [0.15, 0.2) is 0 Å². The lowest BCUT2D eigenvalue weighted by Crippen LogP contribution is -2.40. The molecule has 1 aliphatic rings. The van der Waals surface area contributed by atoms with Gasteiger partial charge in [0.05, 0.1) is 6.54 Å². The summed E-state index contributed by atoms with van der Waals surface area (Å²) in [6.45, 7) is 10.1. The lowest BCUT2D eigenvalue weighted by atomic mass is 10.1. The van der Waals surface area contributed by atoms with Crippen molar-refractivity contribution >= 4 is 5.91 Å². The van der Waals surface area contributed by atoms with Crippen molar-refractivity contribution in [1.82, 2.24) is 15.1 Å². The van der Waals surface area contributed by atoms with Gasteiger partial charge < -0.3 is 10.2 Å². The molecule has 4 nitrogen and oxygen atoms in total. The first-order valence-electron chi connectivity index (χ1n) is 8.35. The summed E-state index contributed by atoms with van der Waals surface area (Å²) >= 11 is 0. The highest BCUT2D eigenvalue weighted by Crippen LogP contribution is 2.15. The summed E-state index contributed by atoms with van der Waals surface area (Å²) in [7, 11) is 2.01. The van der Waals surface area contributed by atoms with Crippen LogP contribution in [0.2, 0.25) is 0 Å². The van der Waals surface area contributed by atoms with E-state index in [0.717, 1.165) is 58.4 Å². The van der Waals surface area contributed by atoms with Gasteiger partial charge >= 0.3 is 0 Å². The predicted octanol–water partition coefficient (Wildman–Crippen LogP) is 1.96. The Morgan fingerprint density at radius 1 is 1.25 bits per heavy atom. The summed E-state index contributed by atoms with van der Waals surface area (Å²) < 4.78 is 0. The van der Waals surface area contributed by atoms with Gasteiger partial charge in [-0.15, -0.1) is 0 Å². The van der Waals surface area contributed by atoms with Crippen molar-refractivity contribution in [2.75, 3.05) is 46.3 Å². The third-order valence-corrected chi connectivity index (χ3v) is 4.14. The number of nitrogens with one attached hydrogen (secondary N) is 1. The molecule has 1 rings (SSSR count). The Kier molecular flexibility index (Phi) is 8.86. The Bertz CT molecular complexity index is 262. The number of carbonyl (C=O) groups excluding carboxylic acids is 1. The average molecular weight is 283 g/mol. The topological polar surface area (TPSA) is 35.6 Å². The minimum absolute atomic E-state index is 0.331. The standard InChI is InChI=1S/C16H33N3O/c1-4-6-9-19(10-7-5-2)16(20)14-18-11-8-15(13-18)12-17-3/h15,17H,4-14H2,1-3H3. The summed E-state index contributed by atoms with van der Waals surface area (Å²) in [5.74, 6) is 1.05. The molecule has 0 aliphatic carbocycles. The first-order valence-corrected chi connectivity index (χ1v) is 8.35. The highest BCUT2D eigenvalue weighted by Gasteiger charge is 2.25. The molecule has 0 aromatic carbocycles. The zero-order valence-electron chi connectivity index (χ0n) is 13.7. The Hall–Kier alpha value is -0.610. The summed E-state index contributed by atoms with van der Waals surface area (Å²) in [6, 6.07) is 0. The first-order chi connectivity index (χ1) is 9.71. The molecule has 1 saturated heterocycles. The Balaban J connectivity index is 2.36. The fourth-order valence-electron chi connectivity index (χ4n) is 2.86. The van der Waals surface area contributed by atoms with Crippen LogP contribution in [0.5, 0.6) is 0 Å². The van der Waals surface area contributed by atoms with Crippen LogP contribution < -0.4 is 5.32 Å². The number of unbranched alkanes of at least 4 members (excludes halogenated alkanes) is 2. The maximum Gasteiger partial charge on any atom is 0.236 e. The van der Waals surface area contributed by atoms with E-state index in [1.807, 2.05) is 7.05 Å². The van der Waals surface area contributed by atoms with E-state index in [4.69, 9.17) is 0 Å². The van der Waals surface area contributed by atoms with E-state index in [9.17, 15) is 4.79 Å². The van der Waals surface area contributed by atoms with E-state index >= 15 is 0 Å². The summed E-state index contributed by atoms with van der Waals surface area (Å²) in [6.07, 6.45) is 5.78. The number of amides is 1. The average Bonchev–Trinajstić information content (AvgIpc) is 2.86. The van der Waals surface area contributed by atoms with Crippen molar-refractivity contribution in [2.45, 2.75) is 46.0 Å². The van der Waals surface area contributed by atoms with Gasteiger partial charge in [0.2, 0.25) is 5.91 Å². The number of hydrogen-bond acceptors (Lipinski definition) is 3. The van der Waals surface area contributed by atoms with Crippen molar-refractivity contribution < 1.29 is 4.79 Å². The fourth-order valence-corrected chi connectivity index (χ4v) is 2.86. The molecule has 1 aliphatic heterocycles. The second-order valence-electron chi connectivity index (χ2n) is 6.04. The number of hydrogen-bond donors (Lipinski definition) is 1. The second kappa shape index (κ2) is 10.2. The van der Waals surface area contributed by atoms with Crippen molar-refractivity contribution in [2.24, 2.45) is 5.92 Å². The van der Waals surface area contributed by atoms with Crippen LogP contribution >= 0.6 is 0 Å². The van der Waals surface area contributed by atoms with Crippen LogP contribution in [-0.4, -0.2) is 62.0 Å². The molecule has 1 fully saturated rings. The molecule has 118 valence electrons. The first kappa shape index (κ1) is 17.4. The number of rotatable bonds is 10. The van der Waals surface area contributed by atoms with E-state index in [2.05, 4.69) is 29.0 Å². The van der Waals surface area contributed by atoms with Gasteiger partial charge in [-0.1, -0.05) is 26.7 Å². The van der Waals surface area contributed by atoms with Crippen LogP contribution in [0.15, 0.2) is 0 Å². The second-order valence-corrected chi connectivity index (χ2v) is 6.04. The third kappa shape index (κ3) is 6.23. The van der Waals surface area contributed by atoms with Crippen LogP contribution in [0.25, 0.3) is 0 Å². The number of nitrogens with zero attached hydrogens (tertiary/aromatic N) is 2. The molecule has 0 saturated carbocycles. The lowest BCUT2D eigenvalue weighted by Gasteiger charge is -2.25. The Morgan fingerprint density at radius 2 is 1.90 bits per heavy atom. The molecular formula is C16H33N3O. The van der Waals surface area contributed by atoms with E-state index in [-0.39, 0.29) is 0 Å². The van der Waals surface area contributed by atoms with Gasteiger partial charge in [-0.25, -0.2) is 0 Å². The van der Waals surface area contributed by atoms with Gasteiger partial charge in [-0.3, -0.25) is 9.69 Å². The third-order valence-electron chi connectivity index (χ3n) is 4.14. The highest BCUT2D eigenvalue weighted by atomic mass is 16.2. The molecule has 1 unspecified atom stereocenters. The van der Waals surface area contributed by atoms with Gasteiger partial charge in [0, 0.05) is 19.6 Å². The smallest absolute Gasteiger partial charge is 0.236 e. The molecule has 1 N–H and O–H groups in total. The molecule has 0 bridgehead atoms. The molecule has 0 aromatic rings. The van der Waals surface area contributed by atoms with Gasteiger partial charge in [0.25, 0.3) is 0 Å². The van der Waals surface area contributed by atoms with Crippen molar-refractivity contribution in [3.63, 3.8) is 0 Å². The normalized spacial score (nSPS) is 19.4. The summed E-state index contributed by atoms with van der Waals surface area (Å²) in [4.78, 5) is 16.9. The largest absolute Gasteiger partial charge is 0.342 e. The monoisotopic (exact) mass is 283 g/mol. The SMILES string of the molecule is CCCCN(CCCC)C(=O)CN1CCC(CNC)C1. The van der Waals surface area contributed by atoms with E-state index in [1.165, 1.54) is 6.42 Å². The van der Waals surface area contributed by atoms with Crippen molar-refractivity contribution in [1.29, 1.82) is 0 Å². The fraction of sp³-hybridized carbons (Fsp3) is 0.938. The molecule has 0 radical (unpaired) electrons. The van der Waals surface area contributed by atoms with Crippen molar-refractivity contribution in [3.05, 3.63) is 0 Å². The van der Waals surface area contributed by atoms with E-state index in [1.54, 1.807) is 0 Å². The molecule has 0 aromatic heterocycles. The van der Waals surface area contributed by atoms with E-state index in [0.29, 0.717) is 18.4 Å². The molecule has 1 heterocycles.